The van der Waals surface area contributed by atoms with Gasteiger partial charge in [0, 0.05) is 23.2 Å². The van der Waals surface area contributed by atoms with E-state index in [2.05, 4.69) is 5.32 Å². The number of benzene rings is 3. The van der Waals surface area contributed by atoms with Crippen LogP contribution in [-0.4, -0.2) is 21.6 Å². The van der Waals surface area contributed by atoms with Gasteiger partial charge in [0.1, 0.15) is 5.75 Å². The molecule has 5 nitrogen and oxygen atoms in total. The molecule has 160 valence electrons. The number of hydrogen-bond acceptors (Lipinski definition) is 3. The fourth-order valence-electron chi connectivity index (χ4n) is 3.95. The number of carbonyl (C=O) groups is 1. The van der Waals surface area contributed by atoms with Crippen LogP contribution in [0.15, 0.2) is 77.7 Å². The number of phenolic OH excluding ortho intramolecular Hbond substituents is 1. The van der Waals surface area contributed by atoms with E-state index >= 15 is 0 Å². The molecular weight excluding hydrogens is 400 g/mol. The van der Waals surface area contributed by atoms with Crippen LogP contribution in [0.1, 0.15) is 34.3 Å². The molecule has 0 unspecified atom stereocenters. The van der Waals surface area contributed by atoms with Crippen molar-refractivity contribution in [1.29, 1.82) is 0 Å². The maximum Gasteiger partial charge on any atom is 0.258 e. The number of amides is 1. The van der Waals surface area contributed by atoms with Crippen LogP contribution in [0.2, 0.25) is 0 Å². The van der Waals surface area contributed by atoms with E-state index in [1.807, 2.05) is 61.5 Å². The molecule has 1 aliphatic carbocycles. The van der Waals surface area contributed by atoms with E-state index in [1.54, 1.807) is 22.9 Å². The standard InChI is InChI=1S/C27H24N2O3/c1-17-2-5-21(26(31)28-22-7-8-22)15-25(17)19-6-11-24-20(14-19)12-13-29(27(24)32)16-18-3-9-23(30)10-4-18/h2-6,9-15,22,30H,7-8,16H2,1H3,(H,28,31). The lowest BCUT2D eigenvalue weighted by Crippen LogP contribution is -2.25. The average molecular weight is 425 g/mol. The lowest BCUT2D eigenvalue weighted by molar-refractivity contribution is 0.0951. The van der Waals surface area contributed by atoms with E-state index < -0.39 is 0 Å². The molecule has 1 amide bonds. The van der Waals surface area contributed by atoms with Crippen LogP contribution in [0.3, 0.4) is 0 Å². The molecule has 0 spiro atoms. The maximum atomic E-state index is 13.0. The minimum absolute atomic E-state index is 0.0355. The number of nitrogens with one attached hydrogen (secondary N) is 1. The van der Waals surface area contributed by atoms with Gasteiger partial charge in [-0.1, -0.05) is 24.3 Å². The zero-order chi connectivity index (χ0) is 22.2. The highest BCUT2D eigenvalue weighted by Crippen LogP contribution is 2.28. The van der Waals surface area contributed by atoms with Gasteiger partial charge in [-0.15, -0.1) is 0 Å². The largest absolute Gasteiger partial charge is 0.508 e. The second-order valence-electron chi connectivity index (χ2n) is 8.49. The number of hydrogen-bond donors (Lipinski definition) is 2. The topological polar surface area (TPSA) is 71.3 Å². The summed E-state index contributed by atoms with van der Waals surface area (Å²) < 4.78 is 1.67. The predicted octanol–water partition coefficient (Wildman–Crippen LogP) is 4.62. The summed E-state index contributed by atoms with van der Waals surface area (Å²) in [5, 5.41) is 14.0. The van der Waals surface area contributed by atoms with Crippen molar-refractivity contribution in [3.63, 3.8) is 0 Å². The Morgan fingerprint density at radius 2 is 1.81 bits per heavy atom. The summed E-state index contributed by atoms with van der Waals surface area (Å²) in [5.41, 5.74) is 4.58. The molecular formula is C27H24N2O3. The Kier molecular flexibility index (Phi) is 5.02. The maximum absolute atomic E-state index is 13.0. The number of aromatic nitrogens is 1. The molecule has 1 aromatic heterocycles. The summed E-state index contributed by atoms with van der Waals surface area (Å²) in [6.45, 7) is 2.46. The van der Waals surface area contributed by atoms with E-state index in [-0.39, 0.29) is 17.2 Å². The van der Waals surface area contributed by atoms with Crippen LogP contribution in [0, 0.1) is 6.92 Å². The number of pyridine rings is 1. The molecule has 32 heavy (non-hydrogen) atoms. The van der Waals surface area contributed by atoms with Gasteiger partial charge in [0.25, 0.3) is 11.5 Å². The van der Waals surface area contributed by atoms with Crippen molar-refractivity contribution in [2.75, 3.05) is 0 Å². The average Bonchev–Trinajstić information content (AvgIpc) is 3.61. The van der Waals surface area contributed by atoms with Crippen molar-refractivity contribution >= 4 is 16.7 Å². The summed E-state index contributed by atoms with van der Waals surface area (Å²) in [5.74, 6) is 0.170. The van der Waals surface area contributed by atoms with Gasteiger partial charge in [0.2, 0.25) is 0 Å². The van der Waals surface area contributed by atoms with Crippen LogP contribution in [0.25, 0.3) is 21.9 Å². The first-order chi connectivity index (χ1) is 15.5. The highest BCUT2D eigenvalue weighted by Gasteiger charge is 2.24. The van der Waals surface area contributed by atoms with Crippen LogP contribution < -0.4 is 10.9 Å². The Bertz CT molecular complexity index is 1380. The Balaban J connectivity index is 1.48. The minimum atomic E-state index is -0.0589. The van der Waals surface area contributed by atoms with Crippen LogP contribution in [0.5, 0.6) is 5.75 Å². The molecule has 1 fully saturated rings. The third-order valence-electron chi connectivity index (χ3n) is 5.99. The third-order valence-corrected chi connectivity index (χ3v) is 5.99. The zero-order valence-corrected chi connectivity index (χ0v) is 17.8. The van der Waals surface area contributed by atoms with Gasteiger partial charge in [-0.3, -0.25) is 9.59 Å². The van der Waals surface area contributed by atoms with Gasteiger partial charge >= 0.3 is 0 Å². The molecule has 0 atom stereocenters. The van der Waals surface area contributed by atoms with Gasteiger partial charge in [0.05, 0.1) is 6.54 Å². The number of fused-ring (bicyclic) bond motifs is 1. The Morgan fingerprint density at radius 3 is 2.56 bits per heavy atom. The number of phenols is 1. The van der Waals surface area contributed by atoms with Gasteiger partial charge in [-0.2, -0.15) is 0 Å². The highest BCUT2D eigenvalue weighted by molar-refractivity contribution is 5.96. The Labute approximate surface area is 186 Å². The van der Waals surface area contributed by atoms with Crippen molar-refractivity contribution in [3.05, 3.63) is 100.0 Å². The number of aromatic hydroxyl groups is 1. The molecule has 0 aliphatic heterocycles. The number of rotatable bonds is 5. The molecule has 2 N–H and O–H groups in total. The Morgan fingerprint density at radius 1 is 1.03 bits per heavy atom. The highest BCUT2D eigenvalue weighted by atomic mass is 16.3. The zero-order valence-electron chi connectivity index (χ0n) is 17.8. The van der Waals surface area contributed by atoms with E-state index in [0.717, 1.165) is 40.5 Å². The smallest absolute Gasteiger partial charge is 0.258 e. The third kappa shape index (κ3) is 4.02. The summed E-state index contributed by atoms with van der Waals surface area (Å²) >= 11 is 0. The molecule has 5 heteroatoms. The van der Waals surface area contributed by atoms with E-state index in [9.17, 15) is 14.7 Å². The van der Waals surface area contributed by atoms with Gasteiger partial charge in [-0.25, -0.2) is 0 Å². The van der Waals surface area contributed by atoms with E-state index in [1.165, 1.54) is 0 Å². The fraction of sp³-hybridized carbons (Fsp3) is 0.185. The molecule has 5 rings (SSSR count). The summed E-state index contributed by atoms with van der Waals surface area (Å²) in [4.78, 5) is 25.5. The first-order valence-corrected chi connectivity index (χ1v) is 10.8. The van der Waals surface area contributed by atoms with Gasteiger partial charge < -0.3 is 15.0 Å². The monoisotopic (exact) mass is 424 g/mol. The minimum Gasteiger partial charge on any atom is -0.508 e. The lowest BCUT2D eigenvalue weighted by atomic mass is 9.96. The second-order valence-corrected chi connectivity index (χ2v) is 8.49. The molecule has 4 aromatic rings. The molecule has 0 radical (unpaired) electrons. The molecule has 0 bridgehead atoms. The number of nitrogens with zero attached hydrogens (tertiary/aromatic N) is 1. The summed E-state index contributed by atoms with van der Waals surface area (Å²) in [6, 6.07) is 20.7. The molecule has 1 heterocycles. The van der Waals surface area contributed by atoms with Crippen molar-refractivity contribution in [2.45, 2.75) is 32.4 Å². The van der Waals surface area contributed by atoms with Crippen LogP contribution in [0.4, 0.5) is 0 Å². The lowest BCUT2D eigenvalue weighted by Gasteiger charge is -2.12. The van der Waals surface area contributed by atoms with Crippen molar-refractivity contribution in [1.82, 2.24) is 9.88 Å². The number of aryl methyl sites for hydroxylation is 1. The van der Waals surface area contributed by atoms with Crippen molar-refractivity contribution in [2.24, 2.45) is 0 Å². The second kappa shape index (κ2) is 8.00. The van der Waals surface area contributed by atoms with Crippen molar-refractivity contribution in [3.8, 4) is 16.9 Å². The van der Waals surface area contributed by atoms with Crippen molar-refractivity contribution < 1.29 is 9.90 Å². The fourth-order valence-corrected chi connectivity index (χ4v) is 3.95. The summed E-state index contributed by atoms with van der Waals surface area (Å²) in [6.07, 6.45) is 3.91. The molecule has 1 saturated carbocycles. The first-order valence-electron chi connectivity index (χ1n) is 10.8. The van der Waals surface area contributed by atoms with Gasteiger partial charge in [-0.05, 0) is 89.9 Å². The Hall–Kier alpha value is -3.86. The normalized spacial score (nSPS) is 13.3. The summed E-state index contributed by atoms with van der Waals surface area (Å²) in [7, 11) is 0. The van der Waals surface area contributed by atoms with Crippen LogP contribution in [-0.2, 0) is 6.54 Å². The first kappa shape index (κ1) is 20.1. The SMILES string of the molecule is Cc1ccc(C(=O)NC2CC2)cc1-c1ccc2c(=O)n(Cc3ccc(O)cc3)ccc2c1. The van der Waals surface area contributed by atoms with Crippen LogP contribution >= 0.6 is 0 Å². The quantitative estimate of drug-likeness (QED) is 0.491. The molecule has 1 aliphatic rings. The number of carbonyl (C=O) groups excluding carboxylic acids is 1. The van der Waals surface area contributed by atoms with Gasteiger partial charge in [0.15, 0.2) is 0 Å². The molecule has 0 saturated heterocycles. The molecule has 3 aromatic carbocycles. The predicted molar refractivity (Wildman–Crippen MR) is 126 cm³/mol. The van der Waals surface area contributed by atoms with E-state index in [4.69, 9.17) is 0 Å². The van der Waals surface area contributed by atoms with E-state index in [0.29, 0.717) is 23.5 Å².